The number of halogens is 1. The normalized spacial score (nSPS) is 10.3. The summed E-state index contributed by atoms with van der Waals surface area (Å²) in [5.41, 5.74) is 0.741. The van der Waals surface area contributed by atoms with Crippen molar-refractivity contribution >= 4 is 51.3 Å². The standard InChI is InChI=1S/C19H15ClN2O2S/c20-15-6-8-16(9-7-15)21-19(25)22-18(23)12-24-17-10-5-13-3-1-2-4-14(13)11-17/h1-11H,12H2,(H2,21,22,23,25). The summed E-state index contributed by atoms with van der Waals surface area (Å²) in [6.07, 6.45) is 0. The minimum absolute atomic E-state index is 0.124. The topological polar surface area (TPSA) is 50.4 Å². The molecule has 1 amide bonds. The number of carbonyl (C=O) groups is 1. The largest absolute Gasteiger partial charge is 0.484 e. The number of nitrogens with one attached hydrogen (secondary N) is 2. The van der Waals surface area contributed by atoms with Gasteiger partial charge in [-0.15, -0.1) is 0 Å². The highest BCUT2D eigenvalue weighted by atomic mass is 35.5. The molecule has 0 aliphatic carbocycles. The van der Waals surface area contributed by atoms with Crippen molar-refractivity contribution in [1.29, 1.82) is 0 Å². The van der Waals surface area contributed by atoms with Gasteiger partial charge < -0.3 is 10.1 Å². The molecule has 2 N–H and O–H groups in total. The van der Waals surface area contributed by atoms with Gasteiger partial charge in [-0.1, -0.05) is 41.9 Å². The lowest BCUT2D eigenvalue weighted by Crippen LogP contribution is -2.37. The van der Waals surface area contributed by atoms with Gasteiger partial charge in [0, 0.05) is 10.7 Å². The summed E-state index contributed by atoms with van der Waals surface area (Å²) in [6, 6.07) is 20.6. The third-order valence-corrected chi connectivity index (χ3v) is 3.90. The Labute approximate surface area is 155 Å². The predicted octanol–water partition coefficient (Wildman–Crippen LogP) is 4.39. The van der Waals surface area contributed by atoms with Gasteiger partial charge in [0.05, 0.1) is 0 Å². The van der Waals surface area contributed by atoms with Crippen LogP contribution in [0.4, 0.5) is 5.69 Å². The Kier molecular flexibility index (Phi) is 5.48. The lowest BCUT2D eigenvalue weighted by Gasteiger charge is -2.11. The van der Waals surface area contributed by atoms with Gasteiger partial charge in [-0.3, -0.25) is 10.1 Å². The number of fused-ring (bicyclic) bond motifs is 1. The van der Waals surface area contributed by atoms with Crippen molar-refractivity contribution in [3.05, 3.63) is 71.8 Å². The van der Waals surface area contributed by atoms with Crippen LogP contribution in [0.25, 0.3) is 10.8 Å². The van der Waals surface area contributed by atoms with Gasteiger partial charge >= 0.3 is 0 Å². The lowest BCUT2D eigenvalue weighted by atomic mass is 10.1. The molecule has 0 aliphatic rings. The molecule has 0 saturated carbocycles. The summed E-state index contributed by atoms with van der Waals surface area (Å²) in [4.78, 5) is 11.9. The summed E-state index contributed by atoms with van der Waals surface area (Å²) in [5, 5.41) is 8.49. The van der Waals surface area contributed by atoms with Crippen molar-refractivity contribution in [3.8, 4) is 5.75 Å². The van der Waals surface area contributed by atoms with Crippen LogP contribution in [0.3, 0.4) is 0 Å². The second-order valence-electron chi connectivity index (χ2n) is 5.31. The van der Waals surface area contributed by atoms with E-state index >= 15 is 0 Å². The molecule has 3 aromatic carbocycles. The van der Waals surface area contributed by atoms with E-state index in [1.165, 1.54) is 0 Å². The number of carbonyl (C=O) groups excluding carboxylic acids is 1. The Morgan fingerprint density at radius 1 is 1.00 bits per heavy atom. The molecule has 0 heterocycles. The van der Waals surface area contributed by atoms with Gasteiger partial charge in [0.15, 0.2) is 11.7 Å². The summed E-state index contributed by atoms with van der Waals surface area (Å²) in [6.45, 7) is -0.124. The molecule has 4 nitrogen and oxygen atoms in total. The molecule has 0 unspecified atom stereocenters. The molecular formula is C19H15ClN2O2S. The van der Waals surface area contributed by atoms with E-state index in [2.05, 4.69) is 10.6 Å². The maximum atomic E-state index is 11.9. The van der Waals surface area contributed by atoms with Gasteiger partial charge in [-0.25, -0.2) is 0 Å². The van der Waals surface area contributed by atoms with E-state index in [0.717, 1.165) is 16.5 Å². The van der Waals surface area contributed by atoms with Crippen LogP contribution in [0.1, 0.15) is 0 Å². The zero-order chi connectivity index (χ0) is 17.6. The molecule has 0 atom stereocenters. The fourth-order valence-corrected chi connectivity index (χ4v) is 2.62. The van der Waals surface area contributed by atoms with Gasteiger partial charge in [0.25, 0.3) is 5.91 Å². The zero-order valence-corrected chi connectivity index (χ0v) is 14.7. The van der Waals surface area contributed by atoms with Crippen LogP contribution in [-0.4, -0.2) is 17.6 Å². The van der Waals surface area contributed by atoms with E-state index in [4.69, 9.17) is 28.6 Å². The smallest absolute Gasteiger partial charge is 0.264 e. The quantitative estimate of drug-likeness (QED) is 0.669. The SMILES string of the molecule is O=C(COc1ccc2ccccc2c1)NC(=S)Nc1ccc(Cl)cc1. The van der Waals surface area contributed by atoms with Crippen molar-refractivity contribution in [3.63, 3.8) is 0 Å². The Morgan fingerprint density at radius 3 is 2.48 bits per heavy atom. The number of amides is 1. The van der Waals surface area contributed by atoms with Crippen LogP contribution in [0.5, 0.6) is 5.75 Å². The fraction of sp³-hybridized carbons (Fsp3) is 0.0526. The van der Waals surface area contributed by atoms with Crippen molar-refractivity contribution in [2.75, 3.05) is 11.9 Å². The van der Waals surface area contributed by atoms with E-state index in [1.54, 1.807) is 24.3 Å². The number of hydrogen-bond donors (Lipinski definition) is 2. The maximum Gasteiger partial charge on any atom is 0.264 e. The predicted molar refractivity (Wildman–Crippen MR) is 105 cm³/mol. The van der Waals surface area contributed by atoms with E-state index in [-0.39, 0.29) is 17.6 Å². The third kappa shape index (κ3) is 4.92. The van der Waals surface area contributed by atoms with Crippen LogP contribution in [-0.2, 0) is 4.79 Å². The molecule has 25 heavy (non-hydrogen) atoms. The van der Waals surface area contributed by atoms with Crippen LogP contribution < -0.4 is 15.4 Å². The number of hydrogen-bond acceptors (Lipinski definition) is 3. The van der Waals surface area contributed by atoms with E-state index in [9.17, 15) is 4.79 Å². The monoisotopic (exact) mass is 370 g/mol. The molecular weight excluding hydrogens is 356 g/mol. The highest BCUT2D eigenvalue weighted by Gasteiger charge is 2.06. The maximum absolute atomic E-state index is 11.9. The lowest BCUT2D eigenvalue weighted by molar-refractivity contribution is -0.121. The molecule has 3 aromatic rings. The van der Waals surface area contributed by atoms with E-state index < -0.39 is 0 Å². The molecule has 0 radical (unpaired) electrons. The van der Waals surface area contributed by atoms with Gasteiger partial charge in [-0.05, 0) is 59.4 Å². The minimum Gasteiger partial charge on any atom is -0.484 e. The van der Waals surface area contributed by atoms with Crippen LogP contribution in [0.15, 0.2) is 66.7 Å². The number of benzene rings is 3. The van der Waals surface area contributed by atoms with E-state index in [0.29, 0.717) is 10.8 Å². The molecule has 3 rings (SSSR count). The molecule has 0 aliphatic heterocycles. The average molecular weight is 371 g/mol. The number of ether oxygens (including phenoxy) is 1. The molecule has 0 aromatic heterocycles. The second kappa shape index (κ2) is 7.96. The van der Waals surface area contributed by atoms with Crippen molar-refractivity contribution < 1.29 is 9.53 Å². The third-order valence-electron chi connectivity index (χ3n) is 3.45. The zero-order valence-electron chi connectivity index (χ0n) is 13.2. The summed E-state index contributed by atoms with van der Waals surface area (Å²) in [5.74, 6) is 0.296. The van der Waals surface area contributed by atoms with Gasteiger partial charge in [-0.2, -0.15) is 0 Å². The Bertz CT molecular complexity index is 913. The van der Waals surface area contributed by atoms with Crippen LogP contribution >= 0.6 is 23.8 Å². The molecule has 0 saturated heterocycles. The van der Waals surface area contributed by atoms with Crippen LogP contribution in [0, 0.1) is 0 Å². The number of thiocarbonyl (C=S) groups is 1. The first-order valence-corrected chi connectivity index (χ1v) is 8.37. The highest BCUT2D eigenvalue weighted by Crippen LogP contribution is 2.20. The van der Waals surface area contributed by atoms with Crippen molar-refractivity contribution in [2.45, 2.75) is 0 Å². The highest BCUT2D eigenvalue weighted by molar-refractivity contribution is 7.80. The first-order chi connectivity index (χ1) is 12.1. The number of rotatable bonds is 4. The van der Waals surface area contributed by atoms with E-state index in [1.807, 2.05) is 42.5 Å². The summed E-state index contributed by atoms with van der Waals surface area (Å²) in [7, 11) is 0. The van der Waals surface area contributed by atoms with Crippen molar-refractivity contribution in [1.82, 2.24) is 5.32 Å². The second-order valence-corrected chi connectivity index (χ2v) is 6.15. The summed E-state index contributed by atoms with van der Waals surface area (Å²) >= 11 is 10.9. The molecule has 6 heteroatoms. The average Bonchev–Trinajstić information content (AvgIpc) is 2.61. The van der Waals surface area contributed by atoms with Crippen LogP contribution in [0.2, 0.25) is 5.02 Å². The first kappa shape index (κ1) is 17.2. The first-order valence-electron chi connectivity index (χ1n) is 7.58. The molecule has 0 bridgehead atoms. The van der Waals surface area contributed by atoms with Gasteiger partial charge in [0.1, 0.15) is 5.75 Å². The number of anilines is 1. The minimum atomic E-state index is -0.334. The Hall–Kier alpha value is -2.63. The Morgan fingerprint density at radius 2 is 1.72 bits per heavy atom. The molecule has 126 valence electrons. The Balaban J connectivity index is 1.51. The van der Waals surface area contributed by atoms with Gasteiger partial charge in [0.2, 0.25) is 0 Å². The fourth-order valence-electron chi connectivity index (χ4n) is 2.26. The summed E-state index contributed by atoms with van der Waals surface area (Å²) < 4.78 is 5.53. The molecule has 0 spiro atoms. The molecule has 0 fully saturated rings. The van der Waals surface area contributed by atoms with Crippen molar-refractivity contribution in [2.24, 2.45) is 0 Å².